The molecule has 0 aromatic heterocycles. The monoisotopic (exact) mass is 356 g/mol. The summed E-state index contributed by atoms with van der Waals surface area (Å²) in [5.41, 5.74) is 0.701. The summed E-state index contributed by atoms with van der Waals surface area (Å²) < 4.78 is 14.1. The summed E-state index contributed by atoms with van der Waals surface area (Å²) in [6, 6.07) is 4.04. The second-order valence-corrected chi connectivity index (χ2v) is 6.49. The molecule has 1 heterocycles. The fraction of sp³-hybridized carbons (Fsp3) is 0.467. The number of carbonyl (C=O) groups is 2. The van der Waals surface area contributed by atoms with Crippen LogP contribution in [0.25, 0.3) is 0 Å². The van der Waals surface area contributed by atoms with Crippen LogP contribution < -0.4 is 5.32 Å². The zero-order chi connectivity index (χ0) is 15.6. The molecule has 114 valence electrons. The zero-order valence-electron chi connectivity index (χ0n) is 12.0. The van der Waals surface area contributed by atoms with Crippen molar-refractivity contribution in [2.45, 2.75) is 32.9 Å². The first kappa shape index (κ1) is 15.9. The fourth-order valence-electron chi connectivity index (χ4n) is 2.38. The highest BCUT2D eigenvalue weighted by atomic mass is 79.9. The smallest absolute Gasteiger partial charge is 0.245 e. The molecule has 0 spiro atoms. The summed E-state index contributed by atoms with van der Waals surface area (Å²) >= 11 is 3.24. The normalized spacial score (nSPS) is 19.7. The molecular weight excluding hydrogens is 339 g/mol. The molecule has 1 N–H and O–H groups in total. The first-order chi connectivity index (χ1) is 9.86. The molecule has 1 aromatic rings. The molecule has 6 heteroatoms. The third-order valence-corrected chi connectivity index (χ3v) is 3.92. The highest BCUT2D eigenvalue weighted by molar-refractivity contribution is 9.10. The van der Waals surface area contributed by atoms with E-state index in [2.05, 4.69) is 21.2 Å². The number of carbonyl (C=O) groups excluding carboxylic acids is 2. The van der Waals surface area contributed by atoms with Gasteiger partial charge in [0, 0.05) is 24.0 Å². The summed E-state index contributed by atoms with van der Waals surface area (Å²) in [5.74, 6) is -0.571. The van der Waals surface area contributed by atoms with Crippen molar-refractivity contribution in [2.24, 2.45) is 5.92 Å². The Bertz CT molecular complexity index is 542. The number of hydrogen-bond acceptors (Lipinski definition) is 2. The number of amides is 2. The molecule has 0 bridgehead atoms. The van der Waals surface area contributed by atoms with Gasteiger partial charge in [0.15, 0.2) is 0 Å². The average Bonchev–Trinajstić information content (AvgIpc) is 2.50. The Morgan fingerprint density at radius 3 is 2.71 bits per heavy atom. The topological polar surface area (TPSA) is 49.4 Å². The highest BCUT2D eigenvalue weighted by Crippen LogP contribution is 2.19. The van der Waals surface area contributed by atoms with E-state index in [1.54, 1.807) is 11.0 Å². The Morgan fingerprint density at radius 2 is 2.10 bits per heavy atom. The number of nitrogens with zero attached hydrogens (tertiary/aromatic N) is 1. The van der Waals surface area contributed by atoms with E-state index in [1.165, 1.54) is 12.1 Å². The Balaban J connectivity index is 2.20. The van der Waals surface area contributed by atoms with Crippen molar-refractivity contribution in [1.29, 1.82) is 0 Å². The van der Waals surface area contributed by atoms with Crippen LogP contribution in [0.1, 0.15) is 25.8 Å². The number of nitrogens with one attached hydrogen (secondary N) is 1. The minimum absolute atomic E-state index is 0.0151. The van der Waals surface area contributed by atoms with Crippen LogP contribution in [0.15, 0.2) is 22.7 Å². The lowest BCUT2D eigenvalue weighted by molar-refractivity contribution is -0.135. The molecule has 0 aliphatic carbocycles. The van der Waals surface area contributed by atoms with Gasteiger partial charge in [-0.05, 0) is 29.7 Å². The number of halogens is 2. The Morgan fingerprint density at radius 1 is 1.38 bits per heavy atom. The second kappa shape index (κ2) is 6.56. The molecule has 1 aliphatic heterocycles. The van der Waals surface area contributed by atoms with Gasteiger partial charge in [0.2, 0.25) is 11.8 Å². The first-order valence-electron chi connectivity index (χ1n) is 6.90. The molecule has 1 unspecified atom stereocenters. The van der Waals surface area contributed by atoms with Crippen LogP contribution in [0, 0.1) is 11.7 Å². The van der Waals surface area contributed by atoms with E-state index in [0.29, 0.717) is 23.1 Å². The lowest BCUT2D eigenvalue weighted by Gasteiger charge is -2.26. The van der Waals surface area contributed by atoms with Crippen LogP contribution in [0.5, 0.6) is 0 Å². The van der Waals surface area contributed by atoms with Gasteiger partial charge in [-0.25, -0.2) is 4.39 Å². The minimum atomic E-state index is -0.517. The van der Waals surface area contributed by atoms with Crippen molar-refractivity contribution in [1.82, 2.24) is 10.2 Å². The third-order valence-electron chi connectivity index (χ3n) is 3.47. The largest absolute Gasteiger partial charge is 0.344 e. The van der Waals surface area contributed by atoms with Crippen molar-refractivity contribution in [2.75, 3.05) is 6.54 Å². The molecule has 1 atom stereocenters. The molecule has 2 amide bonds. The molecule has 1 saturated heterocycles. The SMILES string of the molecule is CC(C)C1NC(=O)CCN(Cc2cc(F)cc(Br)c2)C1=O. The molecule has 0 saturated carbocycles. The summed E-state index contributed by atoms with van der Waals surface area (Å²) in [6.07, 6.45) is 0.269. The van der Waals surface area contributed by atoms with Crippen molar-refractivity contribution >= 4 is 27.7 Å². The molecule has 1 aromatic carbocycles. The molecule has 0 radical (unpaired) electrons. The van der Waals surface area contributed by atoms with Crippen molar-refractivity contribution in [3.63, 3.8) is 0 Å². The zero-order valence-corrected chi connectivity index (χ0v) is 13.6. The van der Waals surface area contributed by atoms with Gasteiger partial charge in [0.25, 0.3) is 0 Å². The van der Waals surface area contributed by atoms with Crippen molar-refractivity contribution in [3.8, 4) is 0 Å². The summed E-state index contributed by atoms with van der Waals surface area (Å²) in [4.78, 5) is 25.8. The lowest BCUT2D eigenvalue weighted by Crippen LogP contribution is -2.47. The van der Waals surface area contributed by atoms with Gasteiger partial charge in [0.1, 0.15) is 11.9 Å². The van der Waals surface area contributed by atoms with Gasteiger partial charge in [-0.2, -0.15) is 0 Å². The predicted molar refractivity (Wildman–Crippen MR) is 80.9 cm³/mol. The van der Waals surface area contributed by atoms with E-state index in [0.717, 1.165) is 0 Å². The second-order valence-electron chi connectivity index (χ2n) is 5.58. The maximum Gasteiger partial charge on any atom is 0.245 e. The molecule has 1 fully saturated rings. The van der Waals surface area contributed by atoms with E-state index in [9.17, 15) is 14.0 Å². The van der Waals surface area contributed by atoms with Gasteiger partial charge in [-0.15, -0.1) is 0 Å². The van der Waals surface area contributed by atoms with Gasteiger partial charge >= 0.3 is 0 Å². The fourth-order valence-corrected chi connectivity index (χ4v) is 2.89. The summed E-state index contributed by atoms with van der Waals surface area (Å²) in [6.45, 7) is 4.44. The Hall–Kier alpha value is -1.43. The minimum Gasteiger partial charge on any atom is -0.344 e. The first-order valence-corrected chi connectivity index (χ1v) is 7.69. The van der Waals surface area contributed by atoms with E-state index >= 15 is 0 Å². The third kappa shape index (κ3) is 4.03. The molecule has 4 nitrogen and oxygen atoms in total. The van der Waals surface area contributed by atoms with Crippen LogP contribution in [0.3, 0.4) is 0 Å². The number of benzene rings is 1. The van der Waals surface area contributed by atoms with Crippen LogP contribution >= 0.6 is 15.9 Å². The van der Waals surface area contributed by atoms with Crippen molar-refractivity contribution in [3.05, 3.63) is 34.1 Å². The lowest BCUT2D eigenvalue weighted by atomic mass is 10.0. The van der Waals surface area contributed by atoms with Crippen LogP contribution in [0.2, 0.25) is 0 Å². The van der Waals surface area contributed by atoms with E-state index in [-0.39, 0.29) is 30.0 Å². The van der Waals surface area contributed by atoms with Gasteiger partial charge < -0.3 is 10.2 Å². The summed E-state index contributed by atoms with van der Waals surface area (Å²) in [7, 11) is 0. The van der Waals surface area contributed by atoms with Crippen LogP contribution in [-0.4, -0.2) is 29.3 Å². The van der Waals surface area contributed by atoms with Gasteiger partial charge in [-0.3, -0.25) is 9.59 Å². The average molecular weight is 357 g/mol. The molecule has 21 heavy (non-hydrogen) atoms. The van der Waals surface area contributed by atoms with Crippen LogP contribution in [0.4, 0.5) is 4.39 Å². The predicted octanol–water partition coefficient (Wildman–Crippen LogP) is 2.46. The Labute approximate surface area is 131 Å². The van der Waals surface area contributed by atoms with E-state index in [4.69, 9.17) is 0 Å². The highest BCUT2D eigenvalue weighted by Gasteiger charge is 2.31. The molecule has 1 aliphatic rings. The number of hydrogen-bond donors (Lipinski definition) is 1. The molecule has 2 rings (SSSR count). The number of rotatable bonds is 3. The standard InChI is InChI=1S/C15H18BrFN2O2/c1-9(2)14-15(21)19(4-3-13(20)18-14)8-10-5-11(16)7-12(17)6-10/h5-7,9,14H,3-4,8H2,1-2H3,(H,18,20). The maximum absolute atomic E-state index is 13.4. The van der Waals surface area contributed by atoms with Gasteiger partial charge in [0.05, 0.1) is 0 Å². The molecular formula is C15H18BrFN2O2. The van der Waals surface area contributed by atoms with Crippen molar-refractivity contribution < 1.29 is 14.0 Å². The van der Waals surface area contributed by atoms with Crippen LogP contribution in [-0.2, 0) is 16.1 Å². The summed E-state index contributed by atoms with van der Waals surface area (Å²) in [5, 5.41) is 2.75. The Kier molecular flexibility index (Phi) is 4.98. The quantitative estimate of drug-likeness (QED) is 0.904. The maximum atomic E-state index is 13.4. The van der Waals surface area contributed by atoms with E-state index in [1.807, 2.05) is 13.8 Å². The van der Waals surface area contributed by atoms with E-state index < -0.39 is 6.04 Å². The van der Waals surface area contributed by atoms with Gasteiger partial charge in [-0.1, -0.05) is 29.8 Å².